The van der Waals surface area contributed by atoms with Crippen LogP contribution in [0.4, 0.5) is 0 Å². The molecule has 23 heavy (non-hydrogen) atoms. The lowest BCUT2D eigenvalue weighted by Gasteiger charge is -2.61. The topological polar surface area (TPSA) is 37.3 Å². The Kier molecular flexibility index (Phi) is 3.43. The summed E-state index contributed by atoms with van der Waals surface area (Å²) in [7, 11) is 0. The minimum atomic E-state index is -0.191. The van der Waals surface area contributed by atoms with E-state index in [0.717, 1.165) is 32.1 Å². The van der Waals surface area contributed by atoms with Crippen molar-refractivity contribution in [2.24, 2.45) is 34.5 Å². The number of fused-ring (bicyclic) bond motifs is 5. The van der Waals surface area contributed by atoms with Crippen molar-refractivity contribution in [2.45, 2.75) is 65.4 Å². The lowest BCUT2D eigenvalue weighted by Crippen LogP contribution is -2.56. The third kappa shape index (κ3) is 2.06. The summed E-state index contributed by atoms with van der Waals surface area (Å²) in [6.07, 6.45) is 12.4. The van der Waals surface area contributed by atoms with Gasteiger partial charge in [0.15, 0.2) is 5.78 Å². The van der Waals surface area contributed by atoms with E-state index in [1.54, 1.807) is 0 Å². The smallest absolute Gasteiger partial charge is 0.155 e. The van der Waals surface area contributed by atoms with Gasteiger partial charge in [0.2, 0.25) is 0 Å². The Morgan fingerprint density at radius 2 is 2.04 bits per heavy atom. The molecule has 0 heterocycles. The van der Waals surface area contributed by atoms with Crippen LogP contribution in [0.3, 0.4) is 0 Å². The number of aliphatic hydroxyl groups excluding tert-OH is 1. The Morgan fingerprint density at radius 3 is 2.83 bits per heavy atom. The molecule has 0 bridgehead atoms. The van der Waals surface area contributed by atoms with Crippen molar-refractivity contribution < 1.29 is 9.90 Å². The SMILES string of the molecule is C[C@@H]1CC2=CC(=O)CC[C@]2(C)[C@H]2CC[C@]3(C)[C@@H](O)CC=C[C@H]3[C@H]12. The fourth-order valence-electron chi connectivity index (χ4n) is 6.54. The molecule has 4 aliphatic carbocycles. The molecule has 0 aliphatic heterocycles. The van der Waals surface area contributed by atoms with E-state index >= 15 is 0 Å². The molecule has 0 unspecified atom stereocenters. The minimum absolute atomic E-state index is 0.0479. The molecular weight excluding hydrogens is 284 g/mol. The Labute approximate surface area is 140 Å². The lowest BCUT2D eigenvalue weighted by molar-refractivity contribution is -0.122. The highest BCUT2D eigenvalue weighted by atomic mass is 16.3. The number of aliphatic hydroxyl groups is 1. The third-order valence-electron chi connectivity index (χ3n) is 8.08. The van der Waals surface area contributed by atoms with Gasteiger partial charge in [-0.15, -0.1) is 0 Å². The van der Waals surface area contributed by atoms with Crippen molar-refractivity contribution in [1.82, 2.24) is 0 Å². The molecule has 0 amide bonds. The molecule has 1 N–H and O–H groups in total. The molecule has 126 valence electrons. The van der Waals surface area contributed by atoms with Crippen LogP contribution in [0.5, 0.6) is 0 Å². The highest BCUT2D eigenvalue weighted by Crippen LogP contribution is 2.64. The number of hydrogen-bond acceptors (Lipinski definition) is 2. The van der Waals surface area contributed by atoms with Crippen molar-refractivity contribution in [2.75, 3.05) is 0 Å². The number of carbonyl (C=O) groups is 1. The van der Waals surface area contributed by atoms with E-state index < -0.39 is 0 Å². The molecule has 0 aromatic heterocycles. The van der Waals surface area contributed by atoms with E-state index in [9.17, 15) is 9.90 Å². The van der Waals surface area contributed by atoms with Crippen LogP contribution < -0.4 is 0 Å². The Morgan fingerprint density at radius 1 is 1.26 bits per heavy atom. The van der Waals surface area contributed by atoms with Crippen LogP contribution in [0.15, 0.2) is 23.8 Å². The normalized spacial score (nSPS) is 52.3. The van der Waals surface area contributed by atoms with Crippen LogP contribution >= 0.6 is 0 Å². The van der Waals surface area contributed by atoms with Gasteiger partial charge < -0.3 is 5.11 Å². The van der Waals surface area contributed by atoms with Gasteiger partial charge in [0.05, 0.1) is 6.10 Å². The molecule has 0 saturated heterocycles. The molecule has 2 saturated carbocycles. The van der Waals surface area contributed by atoms with Gasteiger partial charge in [0.1, 0.15) is 0 Å². The molecule has 4 aliphatic rings. The van der Waals surface area contributed by atoms with E-state index in [-0.39, 0.29) is 16.9 Å². The number of ketones is 1. The number of rotatable bonds is 0. The summed E-state index contributed by atoms with van der Waals surface area (Å²) in [4.78, 5) is 11.9. The van der Waals surface area contributed by atoms with Gasteiger partial charge in [-0.05, 0) is 67.3 Å². The summed E-state index contributed by atoms with van der Waals surface area (Å²) >= 11 is 0. The van der Waals surface area contributed by atoms with Gasteiger partial charge >= 0.3 is 0 Å². The van der Waals surface area contributed by atoms with Gasteiger partial charge in [-0.25, -0.2) is 0 Å². The summed E-state index contributed by atoms with van der Waals surface area (Å²) < 4.78 is 0. The molecule has 2 heteroatoms. The molecule has 0 aromatic rings. The second-order valence-corrected chi connectivity index (χ2v) is 9.17. The van der Waals surface area contributed by atoms with Gasteiger partial charge in [-0.1, -0.05) is 38.5 Å². The first-order chi connectivity index (χ1) is 10.9. The van der Waals surface area contributed by atoms with Gasteiger partial charge in [0.25, 0.3) is 0 Å². The molecular formula is C21H30O2. The van der Waals surface area contributed by atoms with Crippen LogP contribution in [0.1, 0.15) is 59.3 Å². The van der Waals surface area contributed by atoms with Crippen LogP contribution in [0.2, 0.25) is 0 Å². The summed E-state index contributed by atoms with van der Waals surface area (Å²) in [5.41, 5.74) is 1.68. The van der Waals surface area contributed by atoms with E-state index in [4.69, 9.17) is 0 Å². The highest BCUT2D eigenvalue weighted by Gasteiger charge is 2.58. The molecule has 7 atom stereocenters. The zero-order valence-electron chi connectivity index (χ0n) is 14.7. The van der Waals surface area contributed by atoms with Crippen LogP contribution in [-0.4, -0.2) is 17.0 Å². The minimum Gasteiger partial charge on any atom is -0.392 e. The maximum Gasteiger partial charge on any atom is 0.155 e. The van der Waals surface area contributed by atoms with E-state index in [1.165, 1.54) is 12.0 Å². The summed E-state index contributed by atoms with van der Waals surface area (Å²) in [6.45, 7) is 7.10. The number of carbonyl (C=O) groups excluding carboxylic acids is 1. The molecule has 0 radical (unpaired) electrons. The van der Waals surface area contributed by atoms with Gasteiger partial charge in [0, 0.05) is 11.8 Å². The first-order valence-corrected chi connectivity index (χ1v) is 9.45. The van der Waals surface area contributed by atoms with Crippen LogP contribution in [-0.2, 0) is 4.79 Å². The Hall–Kier alpha value is -0.890. The van der Waals surface area contributed by atoms with Crippen molar-refractivity contribution in [3.63, 3.8) is 0 Å². The first kappa shape index (κ1) is 15.6. The molecule has 2 fully saturated rings. The second kappa shape index (κ2) is 5.05. The number of allylic oxidation sites excluding steroid dienone is 3. The fourth-order valence-corrected chi connectivity index (χ4v) is 6.54. The fraction of sp³-hybridized carbons (Fsp3) is 0.762. The lowest BCUT2D eigenvalue weighted by atomic mass is 9.43. The maximum absolute atomic E-state index is 11.9. The van der Waals surface area contributed by atoms with Gasteiger partial charge in [-0.3, -0.25) is 4.79 Å². The van der Waals surface area contributed by atoms with E-state index in [0.29, 0.717) is 29.5 Å². The third-order valence-corrected chi connectivity index (χ3v) is 8.08. The largest absolute Gasteiger partial charge is 0.392 e. The molecule has 0 aromatic carbocycles. The predicted octanol–water partition coefficient (Wildman–Crippen LogP) is 4.29. The van der Waals surface area contributed by atoms with Crippen LogP contribution in [0, 0.1) is 34.5 Å². The van der Waals surface area contributed by atoms with Crippen molar-refractivity contribution >= 4 is 5.78 Å². The zero-order chi connectivity index (χ0) is 16.4. The average molecular weight is 314 g/mol. The highest BCUT2D eigenvalue weighted by molar-refractivity contribution is 5.91. The first-order valence-electron chi connectivity index (χ1n) is 9.45. The molecule has 2 nitrogen and oxygen atoms in total. The van der Waals surface area contributed by atoms with Crippen molar-refractivity contribution in [3.8, 4) is 0 Å². The van der Waals surface area contributed by atoms with Crippen molar-refractivity contribution in [3.05, 3.63) is 23.8 Å². The Bertz CT molecular complexity index is 589. The van der Waals surface area contributed by atoms with Crippen molar-refractivity contribution in [1.29, 1.82) is 0 Å². The van der Waals surface area contributed by atoms with E-state index in [1.807, 2.05) is 6.08 Å². The quantitative estimate of drug-likeness (QED) is 0.677. The summed E-state index contributed by atoms with van der Waals surface area (Å²) in [5, 5.41) is 10.7. The second-order valence-electron chi connectivity index (χ2n) is 9.17. The van der Waals surface area contributed by atoms with E-state index in [2.05, 4.69) is 32.9 Å². The summed E-state index contributed by atoms with van der Waals surface area (Å²) in [5.74, 6) is 2.74. The maximum atomic E-state index is 11.9. The standard InChI is InChI=1S/C21H30O2/c1-13-11-14-12-15(22)7-9-20(14,2)17-8-10-21(3)16(19(13)17)5-4-6-18(21)23/h4-5,12-13,16-19,23H,6-11H2,1-3H3/t13-,16+,17+,18+,19+,20+,21+/m1/s1. The zero-order valence-corrected chi connectivity index (χ0v) is 14.7. The number of hydrogen-bond donors (Lipinski definition) is 1. The Balaban J connectivity index is 1.76. The van der Waals surface area contributed by atoms with Gasteiger partial charge in [-0.2, -0.15) is 0 Å². The average Bonchev–Trinajstić information content (AvgIpc) is 2.50. The molecule has 0 spiro atoms. The monoisotopic (exact) mass is 314 g/mol. The summed E-state index contributed by atoms with van der Waals surface area (Å²) in [6, 6.07) is 0. The molecule has 4 rings (SSSR count). The predicted molar refractivity (Wildman–Crippen MR) is 91.8 cm³/mol. The van der Waals surface area contributed by atoms with Crippen LogP contribution in [0.25, 0.3) is 0 Å².